The maximum absolute atomic E-state index is 9.82. The standard InChI is InChI=1S/C13H20N4O/c1-2-15-13(14)17-9-7-16(8-10-17)11-5-3-4-6-12(11)18/h3-6,18H,2,7-10H2,1H3,(H2,14,15). The van der Waals surface area contributed by atoms with E-state index in [0.717, 1.165) is 31.9 Å². The fraction of sp³-hybridized carbons (Fsp3) is 0.462. The molecular formula is C13H20N4O. The Bertz CT molecular complexity index is 425. The van der Waals surface area contributed by atoms with Gasteiger partial charge in [0.15, 0.2) is 5.96 Å². The molecule has 0 amide bonds. The average Bonchev–Trinajstić information content (AvgIpc) is 2.40. The summed E-state index contributed by atoms with van der Waals surface area (Å²) >= 11 is 0. The van der Waals surface area contributed by atoms with Crippen LogP contribution in [0.15, 0.2) is 29.3 Å². The lowest BCUT2D eigenvalue weighted by molar-refractivity contribution is 0.378. The highest BCUT2D eigenvalue weighted by atomic mass is 16.3. The molecule has 1 aliphatic heterocycles. The van der Waals surface area contributed by atoms with Gasteiger partial charge in [-0.25, -0.2) is 0 Å². The van der Waals surface area contributed by atoms with E-state index in [1.54, 1.807) is 6.07 Å². The predicted molar refractivity (Wildman–Crippen MR) is 74.1 cm³/mol. The van der Waals surface area contributed by atoms with Crippen molar-refractivity contribution in [1.82, 2.24) is 4.90 Å². The normalized spacial score (nSPS) is 17.1. The number of hydrogen-bond donors (Lipinski definition) is 2. The number of aliphatic imine (C=N–C) groups is 1. The van der Waals surface area contributed by atoms with Crippen molar-refractivity contribution >= 4 is 11.6 Å². The van der Waals surface area contributed by atoms with Gasteiger partial charge in [0.05, 0.1) is 5.69 Å². The minimum absolute atomic E-state index is 0.334. The maximum atomic E-state index is 9.82. The second-order valence-corrected chi connectivity index (χ2v) is 4.30. The topological polar surface area (TPSA) is 65.1 Å². The molecule has 0 aliphatic carbocycles. The van der Waals surface area contributed by atoms with Crippen molar-refractivity contribution < 1.29 is 5.11 Å². The van der Waals surface area contributed by atoms with Gasteiger partial charge in [0.25, 0.3) is 0 Å². The Morgan fingerprint density at radius 3 is 2.56 bits per heavy atom. The van der Waals surface area contributed by atoms with E-state index in [2.05, 4.69) is 14.8 Å². The van der Waals surface area contributed by atoms with Crippen LogP contribution in [-0.4, -0.2) is 48.7 Å². The van der Waals surface area contributed by atoms with Crippen molar-refractivity contribution in [3.63, 3.8) is 0 Å². The molecule has 0 spiro atoms. The number of rotatable bonds is 2. The zero-order valence-corrected chi connectivity index (χ0v) is 10.7. The largest absolute Gasteiger partial charge is 0.506 e. The molecule has 0 unspecified atom stereocenters. The Hall–Kier alpha value is -1.91. The molecule has 1 aromatic rings. The molecule has 1 aliphatic rings. The fourth-order valence-corrected chi connectivity index (χ4v) is 2.17. The summed E-state index contributed by atoms with van der Waals surface area (Å²) in [4.78, 5) is 8.47. The number of phenols is 1. The highest BCUT2D eigenvalue weighted by Crippen LogP contribution is 2.26. The van der Waals surface area contributed by atoms with Crippen LogP contribution in [0.1, 0.15) is 6.92 Å². The third kappa shape index (κ3) is 2.67. The van der Waals surface area contributed by atoms with Crippen molar-refractivity contribution in [3.05, 3.63) is 24.3 Å². The van der Waals surface area contributed by atoms with E-state index in [1.165, 1.54) is 0 Å². The Balaban J connectivity index is 1.99. The van der Waals surface area contributed by atoms with E-state index in [0.29, 0.717) is 18.3 Å². The van der Waals surface area contributed by atoms with Gasteiger partial charge >= 0.3 is 0 Å². The van der Waals surface area contributed by atoms with Gasteiger partial charge in [-0.05, 0) is 19.1 Å². The van der Waals surface area contributed by atoms with Crippen molar-refractivity contribution in [3.8, 4) is 5.75 Å². The van der Waals surface area contributed by atoms with Crippen LogP contribution in [0.3, 0.4) is 0 Å². The van der Waals surface area contributed by atoms with Gasteiger partial charge in [0.1, 0.15) is 5.75 Å². The summed E-state index contributed by atoms with van der Waals surface area (Å²) in [7, 11) is 0. The molecule has 0 radical (unpaired) electrons. The van der Waals surface area contributed by atoms with Crippen LogP contribution in [-0.2, 0) is 0 Å². The quantitative estimate of drug-likeness (QED) is 0.601. The highest BCUT2D eigenvalue weighted by molar-refractivity contribution is 5.78. The predicted octanol–water partition coefficient (Wildman–Crippen LogP) is 0.849. The van der Waals surface area contributed by atoms with Gasteiger partial charge in [-0.15, -0.1) is 0 Å². The minimum atomic E-state index is 0.334. The third-order valence-electron chi connectivity index (χ3n) is 3.15. The van der Waals surface area contributed by atoms with Gasteiger partial charge in [0.2, 0.25) is 0 Å². The number of para-hydroxylation sites is 2. The SMILES string of the molecule is CCN=C(N)N1CCN(c2ccccc2O)CC1. The third-order valence-corrected chi connectivity index (χ3v) is 3.15. The van der Waals surface area contributed by atoms with Crippen LogP contribution in [0.4, 0.5) is 5.69 Å². The zero-order chi connectivity index (χ0) is 13.0. The Kier molecular flexibility index (Phi) is 3.92. The number of anilines is 1. The fourth-order valence-electron chi connectivity index (χ4n) is 2.17. The minimum Gasteiger partial charge on any atom is -0.506 e. The van der Waals surface area contributed by atoms with Crippen molar-refractivity contribution in [2.45, 2.75) is 6.92 Å². The molecular weight excluding hydrogens is 228 g/mol. The summed E-state index contributed by atoms with van der Waals surface area (Å²) in [6, 6.07) is 7.43. The van der Waals surface area contributed by atoms with Crippen molar-refractivity contribution in [1.29, 1.82) is 0 Å². The van der Waals surface area contributed by atoms with Crippen LogP contribution >= 0.6 is 0 Å². The molecule has 2 rings (SSSR count). The lowest BCUT2D eigenvalue weighted by atomic mass is 10.2. The van der Waals surface area contributed by atoms with Crippen LogP contribution in [0.2, 0.25) is 0 Å². The lowest BCUT2D eigenvalue weighted by Gasteiger charge is -2.36. The average molecular weight is 248 g/mol. The number of piperazine rings is 1. The molecule has 5 heteroatoms. The Morgan fingerprint density at radius 1 is 1.28 bits per heavy atom. The van der Waals surface area contributed by atoms with E-state index >= 15 is 0 Å². The van der Waals surface area contributed by atoms with Crippen LogP contribution in [0.5, 0.6) is 5.75 Å². The highest BCUT2D eigenvalue weighted by Gasteiger charge is 2.19. The molecule has 0 aromatic heterocycles. The number of hydrogen-bond acceptors (Lipinski definition) is 3. The second-order valence-electron chi connectivity index (χ2n) is 4.30. The zero-order valence-electron chi connectivity index (χ0n) is 10.7. The van der Waals surface area contributed by atoms with Gasteiger partial charge in [-0.3, -0.25) is 4.99 Å². The van der Waals surface area contributed by atoms with E-state index in [-0.39, 0.29) is 0 Å². The first kappa shape index (κ1) is 12.5. The number of guanidine groups is 1. The number of nitrogens with two attached hydrogens (primary N) is 1. The first-order valence-corrected chi connectivity index (χ1v) is 6.30. The smallest absolute Gasteiger partial charge is 0.191 e. The molecule has 18 heavy (non-hydrogen) atoms. The first-order valence-electron chi connectivity index (χ1n) is 6.30. The molecule has 0 bridgehead atoms. The van der Waals surface area contributed by atoms with Crippen LogP contribution in [0, 0.1) is 0 Å². The number of benzene rings is 1. The van der Waals surface area contributed by atoms with Gasteiger partial charge < -0.3 is 20.6 Å². The monoisotopic (exact) mass is 248 g/mol. The van der Waals surface area contributed by atoms with E-state index in [1.807, 2.05) is 25.1 Å². The van der Waals surface area contributed by atoms with E-state index in [4.69, 9.17) is 5.73 Å². The summed E-state index contributed by atoms with van der Waals surface area (Å²) in [6.07, 6.45) is 0. The van der Waals surface area contributed by atoms with Gasteiger partial charge in [-0.2, -0.15) is 0 Å². The number of nitrogens with zero attached hydrogens (tertiary/aromatic N) is 3. The lowest BCUT2D eigenvalue weighted by Crippen LogP contribution is -2.51. The first-order chi connectivity index (χ1) is 8.72. The maximum Gasteiger partial charge on any atom is 0.191 e. The Morgan fingerprint density at radius 2 is 1.94 bits per heavy atom. The molecule has 1 fully saturated rings. The van der Waals surface area contributed by atoms with Crippen LogP contribution < -0.4 is 10.6 Å². The van der Waals surface area contributed by atoms with Gasteiger partial charge in [0, 0.05) is 32.7 Å². The molecule has 3 N–H and O–H groups in total. The van der Waals surface area contributed by atoms with Crippen molar-refractivity contribution in [2.75, 3.05) is 37.6 Å². The molecule has 5 nitrogen and oxygen atoms in total. The second kappa shape index (κ2) is 5.62. The summed E-state index contributed by atoms with van der Waals surface area (Å²) < 4.78 is 0. The molecule has 0 saturated carbocycles. The summed E-state index contributed by atoms with van der Waals surface area (Å²) in [6.45, 7) is 6.05. The molecule has 1 heterocycles. The van der Waals surface area contributed by atoms with E-state index < -0.39 is 0 Å². The van der Waals surface area contributed by atoms with Gasteiger partial charge in [-0.1, -0.05) is 12.1 Å². The molecule has 98 valence electrons. The molecule has 1 aromatic carbocycles. The number of aromatic hydroxyl groups is 1. The molecule has 1 saturated heterocycles. The summed E-state index contributed by atoms with van der Waals surface area (Å²) in [5.74, 6) is 0.954. The summed E-state index contributed by atoms with van der Waals surface area (Å²) in [5, 5.41) is 9.82. The van der Waals surface area contributed by atoms with Crippen molar-refractivity contribution in [2.24, 2.45) is 10.7 Å². The van der Waals surface area contributed by atoms with E-state index in [9.17, 15) is 5.11 Å². The van der Waals surface area contributed by atoms with Crippen LogP contribution in [0.25, 0.3) is 0 Å². The number of phenolic OH excluding ortho intramolecular Hbond substituents is 1. The molecule has 0 atom stereocenters. The summed E-state index contributed by atoms with van der Waals surface area (Å²) in [5.41, 5.74) is 6.77. The Labute approximate surface area is 108 Å².